The standard InChI is InChI=1S/C16H16BrNO2/c1-3-20-15-7-5-4-6-14(15)18-16(19)12-10-11(2)8-9-13(12)17/h4-10H,3H2,1-2H3,(H,18,19). The Labute approximate surface area is 127 Å². The van der Waals surface area contributed by atoms with Gasteiger partial charge in [-0.05, 0) is 54.0 Å². The van der Waals surface area contributed by atoms with Gasteiger partial charge in [0.1, 0.15) is 5.75 Å². The third-order valence-corrected chi connectivity index (χ3v) is 3.49. The van der Waals surface area contributed by atoms with Gasteiger partial charge in [0, 0.05) is 4.47 Å². The predicted octanol–water partition coefficient (Wildman–Crippen LogP) is 4.41. The van der Waals surface area contributed by atoms with Gasteiger partial charge in [-0.15, -0.1) is 0 Å². The molecule has 0 aliphatic rings. The van der Waals surface area contributed by atoms with Gasteiger partial charge in [0.15, 0.2) is 0 Å². The minimum absolute atomic E-state index is 0.160. The van der Waals surface area contributed by atoms with Gasteiger partial charge in [0.25, 0.3) is 5.91 Å². The zero-order valence-corrected chi connectivity index (χ0v) is 13.0. The molecule has 2 rings (SSSR count). The number of benzene rings is 2. The number of amides is 1. The summed E-state index contributed by atoms with van der Waals surface area (Å²) in [7, 11) is 0. The lowest BCUT2D eigenvalue weighted by Gasteiger charge is -2.12. The first kappa shape index (κ1) is 14.6. The Morgan fingerprint density at radius 3 is 2.75 bits per heavy atom. The van der Waals surface area contributed by atoms with Crippen LogP contribution in [0.3, 0.4) is 0 Å². The number of aryl methyl sites for hydroxylation is 1. The summed E-state index contributed by atoms with van der Waals surface area (Å²) < 4.78 is 6.27. The quantitative estimate of drug-likeness (QED) is 0.899. The van der Waals surface area contributed by atoms with E-state index in [1.165, 1.54) is 0 Å². The van der Waals surface area contributed by atoms with Crippen molar-refractivity contribution in [1.29, 1.82) is 0 Å². The van der Waals surface area contributed by atoms with Crippen molar-refractivity contribution in [3.63, 3.8) is 0 Å². The fourth-order valence-electron chi connectivity index (χ4n) is 1.85. The predicted molar refractivity (Wildman–Crippen MR) is 84.4 cm³/mol. The van der Waals surface area contributed by atoms with Crippen molar-refractivity contribution in [2.45, 2.75) is 13.8 Å². The SMILES string of the molecule is CCOc1ccccc1NC(=O)c1cc(C)ccc1Br. The molecule has 0 aromatic heterocycles. The second kappa shape index (κ2) is 6.57. The van der Waals surface area contributed by atoms with Gasteiger partial charge in [-0.1, -0.05) is 23.8 Å². The summed E-state index contributed by atoms with van der Waals surface area (Å²) in [4.78, 5) is 12.3. The average Bonchev–Trinajstić information content (AvgIpc) is 2.44. The summed E-state index contributed by atoms with van der Waals surface area (Å²) in [5.41, 5.74) is 2.32. The monoisotopic (exact) mass is 333 g/mol. The first-order valence-corrected chi connectivity index (χ1v) is 7.20. The van der Waals surface area contributed by atoms with E-state index in [0.717, 1.165) is 10.0 Å². The van der Waals surface area contributed by atoms with E-state index in [4.69, 9.17) is 4.74 Å². The van der Waals surface area contributed by atoms with Gasteiger partial charge in [0.2, 0.25) is 0 Å². The van der Waals surface area contributed by atoms with Crippen LogP contribution in [0.1, 0.15) is 22.8 Å². The van der Waals surface area contributed by atoms with Crippen LogP contribution in [0.5, 0.6) is 5.75 Å². The molecule has 0 bridgehead atoms. The molecule has 0 unspecified atom stereocenters. The number of carbonyl (C=O) groups excluding carboxylic acids is 1. The van der Waals surface area contributed by atoms with E-state index in [-0.39, 0.29) is 5.91 Å². The largest absolute Gasteiger partial charge is 0.492 e. The highest BCUT2D eigenvalue weighted by Crippen LogP contribution is 2.26. The summed E-state index contributed by atoms with van der Waals surface area (Å²) >= 11 is 3.40. The number of carbonyl (C=O) groups is 1. The molecular formula is C16H16BrNO2. The van der Waals surface area contributed by atoms with E-state index in [1.54, 1.807) is 0 Å². The van der Waals surface area contributed by atoms with E-state index < -0.39 is 0 Å². The fraction of sp³-hybridized carbons (Fsp3) is 0.188. The highest BCUT2D eigenvalue weighted by atomic mass is 79.9. The molecule has 2 aromatic carbocycles. The molecule has 0 atom stereocenters. The molecule has 20 heavy (non-hydrogen) atoms. The Bertz CT molecular complexity index is 626. The normalized spacial score (nSPS) is 10.2. The summed E-state index contributed by atoms with van der Waals surface area (Å²) in [6, 6.07) is 13.1. The third kappa shape index (κ3) is 3.39. The van der Waals surface area contributed by atoms with Crippen molar-refractivity contribution >= 4 is 27.5 Å². The first-order valence-electron chi connectivity index (χ1n) is 6.41. The van der Waals surface area contributed by atoms with Crippen molar-refractivity contribution in [2.24, 2.45) is 0 Å². The number of ether oxygens (including phenoxy) is 1. The van der Waals surface area contributed by atoms with Gasteiger partial charge < -0.3 is 10.1 Å². The Morgan fingerprint density at radius 1 is 1.25 bits per heavy atom. The number of hydrogen-bond acceptors (Lipinski definition) is 2. The molecule has 4 heteroatoms. The van der Waals surface area contributed by atoms with Gasteiger partial charge in [-0.3, -0.25) is 4.79 Å². The summed E-state index contributed by atoms with van der Waals surface area (Å²) in [5.74, 6) is 0.514. The third-order valence-electron chi connectivity index (χ3n) is 2.80. The van der Waals surface area contributed by atoms with Crippen LogP contribution in [0.4, 0.5) is 5.69 Å². The fourth-order valence-corrected chi connectivity index (χ4v) is 2.28. The van der Waals surface area contributed by atoms with Crippen molar-refractivity contribution < 1.29 is 9.53 Å². The number of rotatable bonds is 4. The Morgan fingerprint density at radius 2 is 2.00 bits per heavy atom. The second-order valence-electron chi connectivity index (χ2n) is 4.37. The summed E-state index contributed by atoms with van der Waals surface area (Å²) in [6.45, 7) is 4.42. The van der Waals surface area contributed by atoms with Crippen LogP contribution in [0, 0.1) is 6.92 Å². The van der Waals surface area contributed by atoms with Gasteiger partial charge in [-0.25, -0.2) is 0 Å². The number of nitrogens with one attached hydrogen (secondary N) is 1. The molecule has 3 nitrogen and oxygen atoms in total. The summed E-state index contributed by atoms with van der Waals surface area (Å²) in [5, 5.41) is 2.89. The highest BCUT2D eigenvalue weighted by molar-refractivity contribution is 9.10. The van der Waals surface area contributed by atoms with Crippen molar-refractivity contribution in [2.75, 3.05) is 11.9 Å². The molecule has 0 radical (unpaired) electrons. The Hall–Kier alpha value is -1.81. The zero-order valence-electron chi connectivity index (χ0n) is 11.4. The second-order valence-corrected chi connectivity index (χ2v) is 5.22. The van der Waals surface area contributed by atoms with E-state index in [1.807, 2.05) is 56.3 Å². The number of anilines is 1. The van der Waals surface area contributed by atoms with E-state index in [0.29, 0.717) is 23.6 Å². The molecule has 0 saturated heterocycles. The van der Waals surface area contributed by atoms with Crippen molar-refractivity contribution in [1.82, 2.24) is 0 Å². The lowest BCUT2D eigenvalue weighted by molar-refractivity contribution is 0.102. The highest BCUT2D eigenvalue weighted by Gasteiger charge is 2.12. The molecule has 1 amide bonds. The molecule has 0 aliphatic heterocycles. The molecule has 0 aliphatic carbocycles. The Balaban J connectivity index is 2.26. The van der Waals surface area contributed by atoms with Crippen LogP contribution in [0.25, 0.3) is 0 Å². The van der Waals surface area contributed by atoms with E-state index in [9.17, 15) is 4.79 Å². The van der Waals surface area contributed by atoms with E-state index in [2.05, 4.69) is 21.2 Å². The van der Waals surface area contributed by atoms with Gasteiger partial charge in [-0.2, -0.15) is 0 Å². The smallest absolute Gasteiger partial charge is 0.256 e. The molecule has 0 saturated carbocycles. The van der Waals surface area contributed by atoms with Crippen LogP contribution in [0.2, 0.25) is 0 Å². The molecule has 104 valence electrons. The molecule has 0 spiro atoms. The maximum Gasteiger partial charge on any atom is 0.256 e. The minimum atomic E-state index is -0.160. The Kier molecular flexibility index (Phi) is 4.79. The zero-order chi connectivity index (χ0) is 14.5. The minimum Gasteiger partial charge on any atom is -0.492 e. The van der Waals surface area contributed by atoms with Crippen LogP contribution in [-0.4, -0.2) is 12.5 Å². The lowest BCUT2D eigenvalue weighted by Crippen LogP contribution is -2.13. The molecule has 0 heterocycles. The van der Waals surface area contributed by atoms with Gasteiger partial charge in [0.05, 0.1) is 17.9 Å². The molecular weight excluding hydrogens is 318 g/mol. The van der Waals surface area contributed by atoms with E-state index >= 15 is 0 Å². The maximum absolute atomic E-state index is 12.3. The van der Waals surface area contributed by atoms with Crippen LogP contribution >= 0.6 is 15.9 Å². The molecule has 2 aromatic rings. The number of halogens is 1. The van der Waals surface area contributed by atoms with Crippen molar-refractivity contribution in [3.8, 4) is 5.75 Å². The van der Waals surface area contributed by atoms with Crippen LogP contribution in [0.15, 0.2) is 46.9 Å². The maximum atomic E-state index is 12.3. The van der Waals surface area contributed by atoms with Crippen LogP contribution < -0.4 is 10.1 Å². The van der Waals surface area contributed by atoms with Crippen LogP contribution in [-0.2, 0) is 0 Å². The number of hydrogen-bond donors (Lipinski definition) is 1. The van der Waals surface area contributed by atoms with Gasteiger partial charge >= 0.3 is 0 Å². The summed E-state index contributed by atoms with van der Waals surface area (Å²) in [6.07, 6.45) is 0. The lowest BCUT2D eigenvalue weighted by atomic mass is 10.1. The topological polar surface area (TPSA) is 38.3 Å². The average molecular weight is 334 g/mol. The molecule has 0 fully saturated rings. The number of para-hydroxylation sites is 2. The van der Waals surface area contributed by atoms with Crippen molar-refractivity contribution in [3.05, 3.63) is 58.1 Å². The first-order chi connectivity index (χ1) is 9.61. The molecule has 1 N–H and O–H groups in total.